The normalized spacial score (nSPS) is 23.6. The molecule has 4 atom stereocenters. The molecule has 1 rings (SSSR count). The zero-order valence-corrected chi connectivity index (χ0v) is 19.5. The first kappa shape index (κ1) is 27.9. The van der Waals surface area contributed by atoms with Gasteiger partial charge in [0.1, 0.15) is 18.3 Å². The van der Waals surface area contributed by atoms with Gasteiger partial charge < -0.3 is 30.7 Å². The Morgan fingerprint density at radius 2 is 1.48 bits per heavy atom. The summed E-state index contributed by atoms with van der Waals surface area (Å²) < 4.78 is 11.4. The number of unbranched alkanes of at least 4 members (excludes halogenated alkanes) is 13. The molecule has 0 saturated carbocycles. The molecule has 0 radical (unpaired) electrons. The second-order valence-corrected chi connectivity index (χ2v) is 8.60. The maximum absolute atomic E-state index is 10.8. The summed E-state index contributed by atoms with van der Waals surface area (Å²) in [6.45, 7) is 2.49. The zero-order valence-electron chi connectivity index (χ0n) is 19.5. The van der Waals surface area contributed by atoms with E-state index in [1.807, 2.05) is 0 Å². The molecule has 2 unspecified atom stereocenters. The van der Waals surface area contributed by atoms with E-state index in [1.165, 1.54) is 89.3 Å². The minimum Gasteiger partial charge on any atom is -0.394 e. The molecular weight excluding hydrogens is 396 g/mol. The van der Waals surface area contributed by atoms with E-state index in [2.05, 4.69) is 12.2 Å². The number of hydrogen-bond acceptors (Lipinski definition) is 6. The van der Waals surface area contributed by atoms with Crippen molar-refractivity contribution in [1.82, 2.24) is 5.32 Å². The maximum atomic E-state index is 10.8. The lowest BCUT2D eigenvalue weighted by molar-refractivity contribution is -0.113. The molecule has 1 aliphatic rings. The predicted octanol–water partition coefficient (Wildman–Crippen LogP) is 3.52. The fourth-order valence-corrected chi connectivity index (χ4v) is 3.95. The van der Waals surface area contributed by atoms with Crippen molar-refractivity contribution >= 4 is 5.91 Å². The minimum absolute atomic E-state index is 0.294. The highest BCUT2D eigenvalue weighted by atomic mass is 16.6. The average molecular weight is 443 g/mol. The number of carbonyl (C=O) groups is 1. The Hall–Kier alpha value is -1.15. The van der Waals surface area contributed by atoms with E-state index in [0.717, 1.165) is 12.8 Å². The molecule has 31 heavy (non-hydrogen) atoms. The van der Waals surface area contributed by atoms with Gasteiger partial charge in [-0.05, 0) is 6.42 Å². The molecule has 0 spiro atoms. The quantitative estimate of drug-likeness (QED) is 0.169. The molecular formula is C24H46N2O5. The first-order valence-electron chi connectivity index (χ1n) is 12.4. The number of amides is 1. The first-order chi connectivity index (χ1) is 15.1. The molecule has 0 aromatic carbocycles. The Morgan fingerprint density at radius 1 is 0.968 bits per heavy atom. The van der Waals surface area contributed by atoms with Gasteiger partial charge >= 0.3 is 0 Å². The van der Waals surface area contributed by atoms with Crippen LogP contribution in [0, 0.1) is 0 Å². The number of carbonyl (C=O) groups excluding carboxylic acids is 1. The average Bonchev–Trinajstić information content (AvgIpc) is 3.05. The van der Waals surface area contributed by atoms with Crippen LogP contribution in [0.4, 0.5) is 0 Å². The zero-order chi connectivity index (χ0) is 22.7. The Labute approximate surface area is 188 Å². The van der Waals surface area contributed by atoms with Crippen molar-refractivity contribution in [2.45, 2.75) is 121 Å². The SMILES string of the molecule is CCCCCCCCCCCCCCCCOC1C(O)[C@@H](CO)O[C@H]1N/C=C\C(N)=O. The summed E-state index contributed by atoms with van der Waals surface area (Å²) in [4.78, 5) is 10.8. The van der Waals surface area contributed by atoms with E-state index in [0.29, 0.717) is 6.61 Å². The fourth-order valence-electron chi connectivity index (χ4n) is 3.95. The molecule has 7 heteroatoms. The summed E-state index contributed by atoms with van der Waals surface area (Å²) in [5.41, 5.74) is 5.06. The molecule has 0 bridgehead atoms. The minimum atomic E-state index is -0.920. The highest BCUT2D eigenvalue weighted by Crippen LogP contribution is 2.23. The molecule has 1 aliphatic heterocycles. The van der Waals surface area contributed by atoms with Gasteiger partial charge in [0.2, 0.25) is 5.91 Å². The van der Waals surface area contributed by atoms with Gasteiger partial charge in [0, 0.05) is 18.9 Å². The summed E-state index contributed by atoms with van der Waals surface area (Å²) in [7, 11) is 0. The number of hydrogen-bond donors (Lipinski definition) is 4. The van der Waals surface area contributed by atoms with Crippen LogP contribution >= 0.6 is 0 Å². The van der Waals surface area contributed by atoms with Crippen molar-refractivity contribution in [3.05, 3.63) is 12.3 Å². The van der Waals surface area contributed by atoms with Gasteiger partial charge in [-0.2, -0.15) is 0 Å². The van der Waals surface area contributed by atoms with E-state index in [9.17, 15) is 15.0 Å². The third kappa shape index (κ3) is 13.1. The number of aliphatic hydroxyl groups is 2. The smallest absolute Gasteiger partial charge is 0.242 e. The van der Waals surface area contributed by atoms with Gasteiger partial charge in [-0.1, -0.05) is 90.4 Å². The van der Waals surface area contributed by atoms with Crippen LogP contribution in [0.15, 0.2) is 12.3 Å². The number of ether oxygens (including phenoxy) is 2. The van der Waals surface area contributed by atoms with Gasteiger partial charge in [-0.15, -0.1) is 0 Å². The third-order valence-corrected chi connectivity index (χ3v) is 5.83. The maximum Gasteiger partial charge on any atom is 0.242 e. The monoisotopic (exact) mass is 442 g/mol. The number of primary amides is 1. The van der Waals surface area contributed by atoms with Crippen molar-refractivity contribution in [1.29, 1.82) is 0 Å². The summed E-state index contributed by atoms with van der Waals surface area (Å²) in [6, 6.07) is 0. The second-order valence-electron chi connectivity index (χ2n) is 8.60. The highest BCUT2D eigenvalue weighted by molar-refractivity contribution is 5.85. The van der Waals surface area contributed by atoms with Crippen LogP contribution in [0.25, 0.3) is 0 Å². The van der Waals surface area contributed by atoms with Gasteiger partial charge in [0.05, 0.1) is 6.61 Å². The topological polar surface area (TPSA) is 114 Å². The van der Waals surface area contributed by atoms with Crippen molar-refractivity contribution in [2.75, 3.05) is 13.2 Å². The van der Waals surface area contributed by atoms with E-state index >= 15 is 0 Å². The lowest BCUT2D eigenvalue weighted by atomic mass is 10.0. The van der Waals surface area contributed by atoms with Crippen molar-refractivity contribution < 1.29 is 24.5 Å². The first-order valence-corrected chi connectivity index (χ1v) is 12.4. The van der Waals surface area contributed by atoms with Crippen LogP contribution < -0.4 is 11.1 Å². The molecule has 182 valence electrons. The van der Waals surface area contributed by atoms with Gasteiger partial charge in [-0.25, -0.2) is 0 Å². The van der Waals surface area contributed by atoms with Crippen molar-refractivity contribution in [2.24, 2.45) is 5.73 Å². The second kappa shape index (κ2) is 18.4. The lowest BCUT2D eigenvalue weighted by Crippen LogP contribution is -2.41. The van der Waals surface area contributed by atoms with Crippen molar-refractivity contribution in [3.63, 3.8) is 0 Å². The Kier molecular flexibility index (Phi) is 16.6. The van der Waals surface area contributed by atoms with E-state index in [-0.39, 0.29) is 6.61 Å². The molecule has 0 aromatic heterocycles. The highest BCUT2D eigenvalue weighted by Gasteiger charge is 2.43. The number of rotatable bonds is 20. The largest absolute Gasteiger partial charge is 0.394 e. The number of nitrogens with two attached hydrogens (primary N) is 1. The molecule has 5 N–H and O–H groups in total. The Bertz CT molecular complexity index is 475. The number of aliphatic hydroxyl groups excluding tert-OH is 2. The molecule has 0 aliphatic carbocycles. The third-order valence-electron chi connectivity index (χ3n) is 5.83. The fraction of sp³-hybridized carbons (Fsp3) is 0.875. The molecule has 0 aromatic rings. The van der Waals surface area contributed by atoms with Crippen LogP contribution in [0.5, 0.6) is 0 Å². The standard InChI is InChI=1S/C24H46N2O5/c1-2-3-4-5-6-7-8-9-10-11-12-13-14-15-18-30-23-22(29)20(19-27)31-24(23)26-17-16-21(25)28/h16-17,20,22-24,26-27,29H,2-15,18-19H2,1H3,(H2,25,28)/b17-16-/t20-,22?,23?,24-/m1/s1. The van der Waals surface area contributed by atoms with E-state index in [4.69, 9.17) is 15.2 Å². The van der Waals surface area contributed by atoms with Crippen LogP contribution in [-0.4, -0.2) is 53.9 Å². The van der Waals surface area contributed by atoms with Gasteiger partial charge in [0.15, 0.2) is 6.23 Å². The molecule has 1 heterocycles. The molecule has 1 saturated heterocycles. The Balaban J connectivity index is 2.03. The van der Waals surface area contributed by atoms with Gasteiger partial charge in [-0.3, -0.25) is 4.79 Å². The summed E-state index contributed by atoms with van der Waals surface area (Å²) in [6.07, 6.45) is 17.9. The predicted molar refractivity (Wildman–Crippen MR) is 123 cm³/mol. The Morgan fingerprint density at radius 3 is 1.97 bits per heavy atom. The summed E-state index contributed by atoms with van der Waals surface area (Å²) in [5, 5.41) is 22.5. The van der Waals surface area contributed by atoms with Crippen LogP contribution in [0.2, 0.25) is 0 Å². The van der Waals surface area contributed by atoms with E-state index in [1.54, 1.807) is 0 Å². The van der Waals surface area contributed by atoms with Crippen LogP contribution in [0.3, 0.4) is 0 Å². The van der Waals surface area contributed by atoms with Gasteiger partial charge in [0.25, 0.3) is 0 Å². The van der Waals surface area contributed by atoms with Crippen LogP contribution in [0.1, 0.15) is 96.8 Å². The summed E-state index contributed by atoms with van der Waals surface area (Å²) >= 11 is 0. The molecule has 7 nitrogen and oxygen atoms in total. The van der Waals surface area contributed by atoms with Crippen molar-refractivity contribution in [3.8, 4) is 0 Å². The molecule has 1 amide bonds. The summed E-state index contributed by atoms with van der Waals surface area (Å²) in [5.74, 6) is -0.579. The number of nitrogens with one attached hydrogen (secondary N) is 1. The molecule has 1 fully saturated rings. The van der Waals surface area contributed by atoms with E-state index < -0.39 is 30.4 Å². The van der Waals surface area contributed by atoms with Crippen LogP contribution in [-0.2, 0) is 14.3 Å². The lowest BCUT2D eigenvalue weighted by Gasteiger charge is -2.21.